The number of thiazole rings is 1. The molecule has 2 aromatic heterocycles. The van der Waals surface area contributed by atoms with Crippen molar-refractivity contribution in [2.24, 2.45) is 18.7 Å². The third-order valence-corrected chi connectivity index (χ3v) is 5.39. The molecule has 2 N–H and O–H groups in total. The fraction of sp³-hybridized carbons (Fsp3) is 0.533. The van der Waals surface area contributed by atoms with Crippen LogP contribution >= 0.6 is 11.3 Å². The second-order valence-corrected chi connectivity index (χ2v) is 6.98. The number of carbonyl (C=O) groups is 1. The van der Waals surface area contributed by atoms with Crippen LogP contribution in [0.3, 0.4) is 0 Å². The predicted octanol–water partition coefficient (Wildman–Crippen LogP) is 1.66. The molecule has 6 nitrogen and oxygen atoms in total. The zero-order chi connectivity index (χ0) is 15.9. The molecule has 0 bridgehead atoms. The van der Waals surface area contributed by atoms with Gasteiger partial charge in [-0.1, -0.05) is 0 Å². The number of nitrogens with zero attached hydrogens (tertiary/aromatic N) is 4. The Morgan fingerprint density at radius 1 is 1.55 bits per heavy atom. The van der Waals surface area contributed by atoms with Crippen LogP contribution < -0.4 is 5.73 Å². The number of amides is 1. The van der Waals surface area contributed by atoms with Crippen molar-refractivity contribution in [2.45, 2.75) is 26.3 Å². The number of aromatic nitrogens is 3. The van der Waals surface area contributed by atoms with E-state index in [2.05, 4.69) is 17.0 Å². The quantitative estimate of drug-likeness (QED) is 0.933. The minimum Gasteiger partial charge on any atom is -0.335 e. The van der Waals surface area contributed by atoms with Crippen molar-refractivity contribution in [2.75, 3.05) is 13.1 Å². The summed E-state index contributed by atoms with van der Waals surface area (Å²) >= 11 is 1.44. The van der Waals surface area contributed by atoms with Crippen LogP contribution in [0.1, 0.15) is 28.7 Å². The van der Waals surface area contributed by atoms with Gasteiger partial charge in [0.1, 0.15) is 9.88 Å². The molecule has 1 aliphatic heterocycles. The molecule has 118 valence electrons. The summed E-state index contributed by atoms with van der Waals surface area (Å²) in [6.45, 7) is 5.36. The minimum atomic E-state index is 0.0774. The molecule has 0 aliphatic carbocycles. The van der Waals surface area contributed by atoms with Crippen LogP contribution in [0.5, 0.6) is 0 Å². The normalized spacial score (nSPS) is 21.5. The Hall–Kier alpha value is -1.73. The predicted molar refractivity (Wildman–Crippen MR) is 86.7 cm³/mol. The van der Waals surface area contributed by atoms with Gasteiger partial charge in [-0.2, -0.15) is 5.10 Å². The van der Waals surface area contributed by atoms with Crippen molar-refractivity contribution in [3.8, 4) is 10.6 Å². The van der Waals surface area contributed by atoms with Gasteiger partial charge in [0.25, 0.3) is 5.91 Å². The van der Waals surface area contributed by atoms with Gasteiger partial charge in [0.2, 0.25) is 0 Å². The highest BCUT2D eigenvalue weighted by Crippen LogP contribution is 2.31. The van der Waals surface area contributed by atoms with E-state index in [0.29, 0.717) is 12.5 Å². The van der Waals surface area contributed by atoms with E-state index in [1.165, 1.54) is 11.3 Å². The van der Waals surface area contributed by atoms with Gasteiger partial charge in [0.15, 0.2) is 0 Å². The van der Waals surface area contributed by atoms with E-state index < -0.39 is 0 Å². The van der Waals surface area contributed by atoms with E-state index in [0.717, 1.165) is 34.1 Å². The molecule has 2 atom stereocenters. The van der Waals surface area contributed by atoms with Crippen molar-refractivity contribution in [1.29, 1.82) is 0 Å². The lowest BCUT2D eigenvalue weighted by molar-refractivity contribution is 0.0747. The summed E-state index contributed by atoms with van der Waals surface area (Å²) in [5.41, 5.74) is 7.49. The Labute approximate surface area is 133 Å². The molecule has 3 heterocycles. The lowest BCUT2D eigenvalue weighted by Crippen LogP contribution is -2.34. The molecule has 0 aromatic carbocycles. The van der Waals surface area contributed by atoms with Gasteiger partial charge in [0.05, 0.1) is 11.9 Å². The Morgan fingerprint density at radius 3 is 2.91 bits per heavy atom. The number of aryl methyl sites for hydroxylation is 2. The molecule has 0 saturated carbocycles. The minimum absolute atomic E-state index is 0.0774. The van der Waals surface area contributed by atoms with Gasteiger partial charge in [-0.25, -0.2) is 4.98 Å². The van der Waals surface area contributed by atoms with Crippen LogP contribution in [-0.2, 0) is 7.05 Å². The molecule has 1 fully saturated rings. The first-order chi connectivity index (χ1) is 10.5. The average molecular weight is 319 g/mol. The van der Waals surface area contributed by atoms with Crippen molar-refractivity contribution in [1.82, 2.24) is 19.7 Å². The summed E-state index contributed by atoms with van der Waals surface area (Å²) in [6.07, 6.45) is 4.67. The smallest absolute Gasteiger partial charge is 0.266 e. The molecular weight excluding hydrogens is 298 g/mol. The van der Waals surface area contributed by atoms with Crippen LogP contribution in [0.4, 0.5) is 0 Å². The van der Waals surface area contributed by atoms with E-state index in [1.54, 1.807) is 10.9 Å². The Bertz CT molecular complexity index is 692. The van der Waals surface area contributed by atoms with Gasteiger partial charge in [-0.15, -0.1) is 11.3 Å². The third-order valence-electron chi connectivity index (χ3n) is 4.20. The number of likely N-dealkylation sites (tertiary alicyclic amines) is 1. The Kier molecular flexibility index (Phi) is 4.01. The van der Waals surface area contributed by atoms with E-state index in [1.807, 2.05) is 25.1 Å². The largest absolute Gasteiger partial charge is 0.335 e. The standard InChI is InChI=1S/C15H21N5OS/c1-9-4-11(5-16)7-20(9)15(21)13-10(2)18-14(22-13)12-6-17-19(3)8-12/h6,8-9,11H,4-5,7,16H2,1-3H3. The summed E-state index contributed by atoms with van der Waals surface area (Å²) in [4.78, 5) is 20.0. The van der Waals surface area contributed by atoms with E-state index in [4.69, 9.17) is 5.73 Å². The third kappa shape index (κ3) is 2.66. The maximum Gasteiger partial charge on any atom is 0.266 e. The summed E-state index contributed by atoms with van der Waals surface area (Å²) < 4.78 is 1.74. The van der Waals surface area contributed by atoms with Gasteiger partial charge >= 0.3 is 0 Å². The topological polar surface area (TPSA) is 77.0 Å². The monoisotopic (exact) mass is 319 g/mol. The number of nitrogens with two attached hydrogens (primary N) is 1. The lowest BCUT2D eigenvalue weighted by atomic mass is 10.1. The maximum atomic E-state index is 12.8. The summed E-state index contributed by atoms with van der Waals surface area (Å²) in [6, 6.07) is 0.240. The van der Waals surface area contributed by atoms with Gasteiger partial charge in [-0.3, -0.25) is 9.48 Å². The average Bonchev–Trinajstić information content (AvgIpc) is 3.17. The molecule has 22 heavy (non-hydrogen) atoms. The SMILES string of the molecule is Cc1nc(-c2cnn(C)c2)sc1C(=O)N1CC(CN)CC1C. The lowest BCUT2D eigenvalue weighted by Gasteiger charge is -2.20. The zero-order valence-corrected chi connectivity index (χ0v) is 13.9. The van der Waals surface area contributed by atoms with Crippen LogP contribution in [0.15, 0.2) is 12.4 Å². The zero-order valence-electron chi connectivity index (χ0n) is 13.1. The number of hydrogen-bond acceptors (Lipinski definition) is 5. The molecule has 0 spiro atoms. The molecule has 0 radical (unpaired) electrons. The Balaban J connectivity index is 1.86. The Morgan fingerprint density at radius 2 is 2.32 bits per heavy atom. The molecule has 2 unspecified atom stereocenters. The second-order valence-electron chi connectivity index (χ2n) is 5.98. The van der Waals surface area contributed by atoms with Crippen LogP contribution in [0, 0.1) is 12.8 Å². The van der Waals surface area contributed by atoms with Crippen molar-refractivity contribution >= 4 is 17.2 Å². The highest BCUT2D eigenvalue weighted by molar-refractivity contribution is 7.17. The highest BCUT2D eigenvalue weighted by Gasteiger charge is 2.33. The molecule has 1 amide bonds. The molecule has 3 rings (SSSR count). The van der Waals surface area contributed by atoms with E-state index >= 15 is 0 Å². The van der Waals surface area contributed by atoms with Crippen molar-refractivity contribution in [3.05, 3.63) is 23.0 Å². The van der Waals surface area contributed by atoms with Gasteiger partial charge in [0, 0.05) is 31.4 Å². The number of rotatable bonds is 3. The van der Waals surface area contributed by atoms with Crippen LogP contribution in [0.25, 0.3) is 10.6 Å². The molecule has 7 heteroatoms. The maximum absolute atomic E-state index is 12.8. The first-order valence-electron chi connectivity index (χ1n) is 7.47. The van der Waals surface area contributed by atoms with Gasteiger partial charge in [-0.05, 0) is 32.7 Å². The summed E-state index contributed by atoms with van der Waals surface area (Å²) in [5, 5.41) is 5.01. The summed E-state index contributed by atoms with van der Waals surface area (Å²) in [5.74, 6) is 0.485. The first-order valence-corrected chi connectivity index (χ1v) is 8.28. The second kappa shape index (κ2) is 5.81. The molecule has 1 aliphatic rings. The number of carbonyl (C=O) groups excluding carboxylic acids is 1. The fourth-order valence-electron chi connectivity index (χ4n) is 2.98. The fourth-order valence-corrected chi connectivity index (χ4v) is 3.97. The van der Waals surface area contributed by atoms with E-state index in [9.17, 15) is 4.79 Å². The molecule has 1 saturated heterocycles. The van der Waals surface area contributed by atoms with Crippen LogP contribution in [0.2, 0.25) is 0 Å². The molecule has 2 aromatic rings. The number of hydrogen-bond donors (Lipinski definition) is 1. The van der Waals surface area contributed by atoms with Crippen LogP contribution in [-0.4, -0.2) is 44.7 Å². The summed E-state index contributed by atoms with van der Waals surface area (Å²) in [7, 11) is 1.87. The van der Waals surface area contributed by atoms with Gasteiger partial charge < -0.3 is 10.6 Å². The van der Waals surface area contributed by atoms with Crippen molar-refractivity contribution < 1.29 is 4.79 Å². The first kappa shape index (κ1) is 15.2. The van der Waals surface area contributed by atoms with E-state index in [-0.39, 0.29) is 11.9 Å². The van der Waals surface area contributed by atoms with Crippen molar-refractivity contribution in [3.63, 3.8) is 0 Å². The molecular formula is C15H21N5OS. The highest BCUT2D eigenvalue weighted by atomic mass is 32.1.